The maximum atomic E-state index is 12.6. The van der Waals surface area contributed by atoms with Gasteiger partial charge in [0, 0.05) is 30.0 Å². The minimum Gasteiger partial charge on any atom is -0.497 e. The molecule has 27 heavy (non-hydrogen) atoms. The van der Waals surface area contributed by atoms with Gasteiger partial charge in [-0.2, -0.15) is 5.10 Å². The summed E-state index contributed by atoms with van der Waals surface area (Å²) in [5.74, 6) is 1.17. The third-order valence-electron chi connectivity index (χ3n) is 3.96. The fourth-order valence-electron chi connectivity index (χ4n) is 2.50. The summed E-state index contributed by atoms with van der Waals surface area (Å²) in [4.78, 5) is 24.8. The van der Waals surface area contributed by atoms with Gasteiger partial charge in [0.1, 0.15) is 23.2 Å². The van der Waals surface area contributed by atoms with Crippen molar-refractivity contribution in [1.82, 2.24) is 9.78 Å². The summed E-state index contributed by atoms with van der Waals surface area (Å²) in [5.41, 5.74) is 0.553. The number of nitrogens with one attached hydrogen (secondary N) is 1. The Bertz CT molecular complexity index is 973. The molecule has 0 saturated carbocycles. The molecule has 3 aromatic rings. The summed E-state index contributed by atoms with van der Waals surface area (Å²) in [6, 6.07) is 10.5. The molecule has 2 aromatic heterocycles. The Morgan fingerprint density at radius 2 is 1.85 bits per heavy atom. The first-order chi connectivity index (χ1) is 13.0. The van der Waals surface area contributed by atoms with Crippen molar-refractivity contribution in [3.8, 4) is 23.0 Å². The number of benzene rings is 1. The molecule has 0 saturated heterocycles. The van der Waals surface area contributed by atoms with Gasteiger partial charge in [-0.3, -0.25) is 9.59 Å². The number of amides is 1. The molecular weight excluding hydrogens is 350 g/mol. The first kappa shape index (κ1) is 18.2. The second-order valence-corrected chi connectivity index (χ2v) is 5.75. The molecule has 1 amide bonds. The number of carbonyl (C=O) groups excluding carboxylic acids is 1. The quantitative estimate of drug-likeness (QED) is 0.718. The zero-order valence-electron chi connectivity index (χ0n) is 15.1. The Labute approximate surface area is 155 Å². The molecular formula is C19H19N3O5. The van der Waals surface area contributed by atoms with E-state index in [-0.39, 0.29) is 0 Å². The lowest BCUT2D eigenvalue weighted by molar-refractivity contribution is -0.119. The zero-order valence-corrected chi connectivity index (χ0v) is 15.1. The van der Waals surface area contributed by atoms with Crippen LogP contribution in [-0.2, 0) is 4.79 Å². The van der Waals surface area contributed by atoms with Crippen molar-refractivity contribution in [2.24, 2.45) is 0 Å². The van der Waals surface area contributed by atoms with Crippen LogP contribution in [0, 0.1) is 0 Å². The van der Waals surface area contributed by atoms with E-state index in [0.29, 0.717) is 28.6 Å². The van der Waals surface area contributed by atoms with Gasteiger partial charge >= 0.3 is 0 Å². The smallest absolute Gasteiger partial charge is 0.267 e. The highest BCUT2D eigenvalue weighted by atomic mass is 16.5. The van der Waals surface area contributed by atoms with Gasteiger partial charge in [-0.1, -0.05) is 0 Å². The van der Waals surface area contributed by atoms with Crippen molar-refractivity contribution in [2.75, 3.05) is 19.5 Å². The van der Waals surface area contributed by atoms with E-state index in [9.17, 15) is 9.59 Å². The van der Waals surface area contributed by atoms with E-state index in [1.807, 2.05) is 0 Å². The predicted molar refractivity (Wildman–Crippen MR) is 99.1 cm³/mol. The molecule has 140 valence electrons. The minimum atomic E-state index is -0.843. The topological polar surface area (TPSA) is 95.6 Å². The van der Waals surface area contributed by atoms with Gasteiger partial charge in [0.05, 0.1) is 20.5 Å². The van der Waals surface area contributed by atoms with Gasteiger partial charge in [-0.05, 0) is 25.1 Å². The molecule has 1 aromatic carbocycles. The Morgan fingerprint density at radius 3 is 2.44 bits per heavy atom. The van der Waals surface area contributed by atoms with Crippen molar-refractivity contribution < 1.29 is 18.7 Å². The lowest BCUT2D eigenvalue weighted by Crippen LogP contribution is -2.33. The Balaban J connectivity index is 1.86. The van der Waals surface area contributed by atoms with Gasteiger partial charge < -0.3 is 19.2 Å². The summed E-state index contributed by atoms with van der Waals surface area (Å²) in [6.07, 6.45) is 1.51. The van der Waals surface area contributed by atoms with Crippen LogP contribution in [0.2, 0.25) is 0 Å². The summed E-state index contributed by atoms with van der Waals surface area (Å²) in [7, 11) is 3.04. The number of hydrogen-bond acceptors (Lipinski definition) is 6. The second kappa shape index (κ2) is 7.77. The number of rotatable bonds is 6. The summed E-state index contributed by atoms with van der Waals surface area (Å²) < 4.78 is 16.8. The summed E-state index contributed by atoms with van der Waals surface area (Å²) in [5, 5.41) is 6.99. The molecule has 0 radical (unpaired) electrons. The molecule has 0 spiro atoms. The van der Waals surface area contributed by atoms with Crippen LogP contribution in [-0.4, -0.2) is 29.9 Å². The maximum Gasteiger partial charge on any atom is 0.267 e. The minimum absolute atomic E-state index is 0.392. The summed E-state index contributed by atoms with van der Waals surface area (Å²) in [6.45, 7) is 1.59. The molecule has 8 heteroatoms. The van der Waals surface area contributed by atoms with Gasteiger partial charge in [0.25, 0.3) is 5.56 Å². The second-order valence-electron chi connectivity index (χ2n) is 5.75. The van der Waals surface area contributed by atoms with E-state index in [0.717, 1.165) is 4.68 Å². The number of furan rings is 1. The van der Waals surface area contributed by atoms with Gasteiger partial charge in [0.2, 0.25) is 5.91 Å². The van der Waals surface area contributed by atoms with Crippen molar-refractivity contribution >= 4 is 11.6 Å². The SMILES string of the molecule is COc1cc(NC(=O)C(C)n2nc(-c3ccco3)ccc2=O)cc(OC)c1. The van der Waals surface area contributed by atoms with E-state index in [2.05, 4.69) is 10.4 Å². The number of hydrogen-bond donors (Lipinski definition) is 1. The van der Waals surface area contributed by atoms with E-state index in [4.69, 9.17) is 13.9 Å². The first-order valence-corrected chi connectivity index (χ1v) is 8.19. The molecule has 3 rings (SSSR count). The van der Waals surface area contributed by atoms with E-state index < -0.39 is 17.5 Å². The van der Waals surface area contributed by atoms with Crippen LogP contribution in [0.3, 0.4) is 0 Å². The standard InChI is InChI=1S/C19H19N3O5/c1-12(19(24)20-13-9-14(25-2)11-15(10-13)26-3)22-18(23)7-6-16(21-22)17-5-4-8-27-17/h4-12H,1-3H3,(H,20,24). The lowest BCUT2D eigenvalue weighted by atomic mass is 10.2. The molecule has 0 bridgehead atoms. The number of methoxy groups -OCH3 is 2. The van der Waals surface area contributed by atoms with E-state index >= 15 is 0 Å². The van der Waals surface area contributed by atoms with Gasteiger partial charge in [0.15, 0.2) is 5.76 Å². The molecule has 0 aliphatic rings. The fourth-order valence-corrected chi connectivity index (χ4v) is 2.50. The first-order valence-electron chi connectivity index (χ1n) is 8.19. The van der Waals surface area contributed by atoms with Crippen molar-refractivity contribution in [3.63, 3.8) is 0 Å². The summed E-state index contributed by atoms with van der Waals surface area (Å²) >= 11 is 0. The monoisotopic (exact) mass is 369 g/mol. The van der Waals surface area contributed by atoms with Gasteiger partial charge in [-0.15, -0.1) is 0 Å². The highest BCUT2D eigenvalue weighted by molar-refractivity contribution is 5.93. The zero-order chi connectivity index (χ0) is 19.4. The van der Waals surface area contributed by atoms with Crippen LogP contribution in [0.15, 0.2) is 57.9 Å². The highest BCUT2D eigenvalue weighted by Gasteiger charge is 2.19. The average molecular weight is 369 g/mol. The highest BCUT2D eigenvalue weighted by Crippen LogP contribution is 2.26. The largest absolute Gasteiger partial charge is 0.497 e. The Morgan fingerprint density at radius 1 is 1.15 bits per heavy atom. The third-order valence-corrected chi connectivity index (χ3v) is 3.96. The van der Waals surface area contributed by atoms with Crippen LogP contribution < -0.4 is 20.3 Å². The van der Waals surface area contributed by atoms with E-state index in [1.54, 1.807) is 43.3 Å². The third kappa shape index (κ3) is 4.00. The number of carbonyl (C=O) groups is 1. The lowest BCUT2D eigenvalue weighted by Gasteiger charge is -2.15. The molecule has 1 N–H and O–H groups in total. The average Bonchev–Trinajstić information content (AvgIpc) is 3.22. The Hall–Kier alpha value is -3.55. The Kier molecular flexibility index (Phi) is 5.25. The van der Waals surface area contributed by atoms with Crippen LogP contribution in [0.4, 0.5) is 5.69 Å². The van der Waals surface area contributed by atoms with Crippen LogP contribution in [0.25, 0.3) is 11.5 Å². The fraction of sp³-hybridized carbons (Fsp3) is 0.211. The van der Waals surface area contributed by atoms with Crippen LogP contribution in [0.5, 0.6) is 11.5 Å². The van der Waals surface area contributed by atoms with Gasteiger partial charge in [-0.25, -0.2) is 4.68 Å². The number of anilines is 1. The van der Waals surface area contributed by atoms with Crippen molar-refractivity contribution in [3.05, 3.63) is 59.1 Å². The van der Waals surface area contributed by atoms with E-state index in [1.165, 1.54) is 26.5 Å². The van der Waals surface area contributed by atoms with Crippen molar-refractivity contribution in [1.29, 1.82) is 0 Å². The predicted octanol–water partition coefficient (Wildman–Crippen LogP) is 2.72. The molecule has 1 unspecified atom stereocenters. The molecule has 8 nitrogen and oxygen atoms in total. The molecule has 0 aliphatic carbocycles. The maximum absolute atomic E-state index is 12.6. The number of nitrogens with zero attached hydrogens (tertiary/aromatic N) is 2. The molecule has 0 fully saturated rings. The molecule has 0 aliphatic heterocycles. The number of aromatic nitrogens is 2. The number of ether oxygens (including phenoxy) is 2. The molecule has 1 atom stereocenters. The molecule has 2 heterocycles. The van der Waals surface area contributed by atoms with Crippen LogP contribution in [0.1, 0.15) is 13.0 Å². The van der Waals surface area contributed by atoms with Crippen molar-refractivity contribution in [2.45, 2.75) is 13.0 Å². The normalized spacial score (nSPS) is 11.7. The van der Waals surface area contributed by atoms with Crippen LogP contribution >= 0.6 is 0 Å².